The van der Waals surface area contributed by atoms with Gasteiger partial charge in [-0.15, -0.1) is 0 Å². The fourth-order valence-corrected chi connectivity index (χ4v) is 5.08. The van der Waals surface area contributed by atoms with Crippen molar-refractivity contribution in [2.45, 2.75) is 44.3 Å². The van der Waals surface area contributed by atoms with Crippen LogP contribution in [0.2, 0.25) is 5.02 Å². The van der Waals surface area contributed by atoms with Gasteiger partial charge in [0.25, 0.3) is 0 Å². The fourth-order valence-electron chi connectivity index (χ4n) is 4.84. The van der Waals surface area contributed by atoms with Gasteiger partial charge in [-0.1, -0.05) is 29.8 Å². The molecule has 1 saturated carbocycles. The van der Waals surface area contributed by atoms with Crippen LogP contribution in [0.3, 0.4) is 0 Å². The Hall–Kier alpha value is -3.29. The molecular formula is C28H30ClFN4O2. The van der Waals surface area contributed by atoms with Gasteiger partial charge >= 0.3 is 0 Å². The Bertz CT molecular complexity index is 1350. The van der Waals surface area contributed by atoms with Crippen LogP contribution in [0.25, 0.3) is 16.9 Å². The Labute approximate surface area is 215 Å². The summed E-state index contributed by atoms with van der Waals surface area (Å²) in [6.45, 7) is 0.568. The number of nitrogens with zero attached hydrogens (tertiary/aromatic N) is 2. The summed E-state index contributed by atoms with van der Waals surface area (Å²) in [6, 6.07) is 15.5. The first-order valence-electron chi connectivity index (χ1n) is 12.2. The average molecular weight is 509 g/mol. The van der Waals surface area contributed by atoms with Crippen molar-refractivity contribution in [1.29, 1.82) is 0 Å². The van der Waals surface area contributed by atoms with Gasteiger partial charge in [0, 0.05) is 60.0 Å². The first-order chi connectivity index (χ1) is 17.5. The van der Waals surface area contributed by atoms with E-state index >= 15 is 0 Å². The van der Waals surface area contributed by atoms with E-state index in [1.165, 1.54) is 6.07 Å². The molecule has 1 aliphatic carbocycles. The maximum Gasteiger partial charge on any atom is 0.141 e. The van der Waals surface area contributed by atoms with Crippen molar-refractivity contribution in [2.24, 2.45) is 0 Å². The monoisotopic (exact) mass is 508 g/mol. The third-order valence-electron chi connectivity index (χ3n) is 6.85. The molecule has 2 aromatic carbocycles. The predicted molar refractivity (Wildman–Crippen MR) is 142 cm³/mol. The van der Waals surface area contributed by atoms with Gasteiger partial charge in [0.2, 0.25) is 0 Å². The van der Waals surface area contributed by atoms with E-state index in [1.807, 2.05) is 35.0 Å². The first kappa shape index (κ1) is 24.4. The molecule has 188 valence electrons. The first-order valence-corrected chi connectivity index (χ1v) is 12.6. The van der Waals surface area contributed by atoms with Gasteiger partial charge in [0.05, 0.1) is 24.9 Å². The Morgan fingerprint density at radius 3 is 2.50 bits per heavy atom. The lowest BCUT2D eigenvalue weighted by Crippen LogP contribution is -2.36. The number of hydrogen-bond donors (Lipinski definition) is 2. The standard InChI is InChI=1S/C28H30ClFN4O2/c1-35-26-15-27(36-2)23(29)14-22(26)25-17-34-12-11-21(13-28(34)33-25)32-20-9-7-19(8-10-20)31-16-18-5-3-4-6-24(18)30/h3-6,11-15,17,19-20,31-32H,7-10,16H2,1-2H3. The molecule has 5 rings (SSSR count). The third-order valence-corrected chi connectivity index (χ3v) is 7.14. The molecule has 0 amide bonds. The van der Waals surface area contributed by atoms with E-state index in [0.717, 1.165) is 53.8 Å². The third kappa shape index (κ3) is 5.27. The molecule has 2 aromatic heterocycles. The highest BCUT2D eigenvalue weighted by molar-refractivity contribution is 6.32. The zero-order chi connectivity index (χ0) is 25.1. The van der Waals surface area contributed by atoms with E-state index < -0.39 is 0 Å². The summed E-state index contributed by atoms with van der Waals surface area (Å²) in [4.78, 5) is 4.82. The molecule has 6 nitrogen and oxygen atoms in total. The van der Waals surface area contributed by atoms with E-state index in [4.69, 9.17) is 26.1 Å². The molecule has 0 bridgehead atoms. The minimum atomic E-state index is -0.147. The van der Waals surface area contributed by atoms with Crippen LogP contribution in [0.15, 0.2) is 60.9 Å². The second-order valence-electron chi connectivity index (χ2n) is 9.16. The molecule has 4 aromatic rings. The van der Waals surface area contributed by atoms with Gasteiger partial charge in [-0.05, 0) is 43.9 Å². The minimum absolute atomic E-state index is 0.147. The normalized spacial score (nSPS) is 17.8. The summed E-state index contributed by atoms with van der Waals surface area (Å²) >= 11 is 6.36. The van der Waals surface area contributed by atoms with Gasteiger partial charge in [0.1, 0.15) is 23.0 Å². The van der Waals surface area contributed by atoms with E-state index in [9.17, 15) is 4.39 Å². The van der Waals surface area contributed by atoms with Crippen LogP contribution >= 0.6 is 11.6 Å². The molecule has 1 aliphatic rings. The number of anilines is 1. The van der Waals surface area contributed by atoms with Gasteiger partial charge < -0.3 is 24.5 Å². The predicted octanol–water partition coefficient (Wildman–Crippen LogP) is 6.32. The molecule has 0 aliphatic heterocycles. The fraction of sp³-hybridized carbons (Fsp3) is 0.321. The number of nitrogens with one attached hydrogen (secondary N) is 2. The average Bonchev–Trinajstić information content (AvgIpc) is 3.32. The second kappa shape index (κ2) is 10.8. The molecule has 2 heterocycles. The summed E-state index contributed by atoms with van der Waals surface area (Å²) < 4.78 is 26.7. The lowest BCUT2D eigenvalue weighted by Gasteiger charge is -2.30. The highest BCUT2D eigenvalue weighted by atomic mass is 35.5. The Morgan fingerprint density at radius 1 is 1.00 bits per heavy atom. The molecule has 0 spiro atoms. The molecule has 36 heavy (non-hydrogen) atoms. The molecule has 8 heteroatoms. The number of pyridine rings is 1. The largest absolute Gasteiger partial charge is 0.496 e. The molecule has 0 unspecified atom stereocenters. The smallest absolute Gasteiger partial charge is 0.141 e. The summed E-state index contributed by atoms with van der Waals surface area (Å²) in [5.41, 5.74) is 4.18. The molecule has 2 N–H and O–H groups in total. The Balaban J connectivity index is 1.22. The lowest BCUT2D eigenvalue weighted by molar-refractivity contribution is 0.351. The van der Waals surface area contributed by atoms with Crippen molar-refractivity contribution in [3.05, 3.63) is 77.3 Å². The number of fused-ring (bicyclic) bond motifs is 1. The lowest BCUT2D eigenvalue weighted by atomic mass is 9.91. The van der Waals surface area contributed by atoms with Crippen LogP contribution in [0.5, 0.6) is 11.5 Å². The van der Waals surface area contributed by atoms with E-state index in [-0.39, 0.29) is 5.82 Å². The maximum atomic E-state index is 13.9. The quantitative estimate of drug-likeness (QED) is 0.291. The second-order valence-corrected chi connectivity index (χ2v) is 9.57. The zero-order valence-electron chi connectivity index (χ0n) is 20.4. The molecular weight excluding hydrogens is 479 g/mol. The van der Waals surface area contributed by atoms with Crippen molar-refractivity contribution in [1.82, 2.24) is 14.7 Å². The van der Waals surface area contributed by atoms with Crippen molar-refractivity contribution in [3.8, 4) is 22.8 Å². The number of rotatable bonds is 8. The van der Waals surface area contributed by atoms with Gasteiger partial charge in [-0.3, -0.25) is 0 Å². The number of ether oxygens (including phenoxy) is 2. The molecule has 0 atom stereocenters. The summed E-state index contributed by atoms with van der Waals surface area (Å²) in [5, 5.41) is 7.69. The highest BCUT2D eigenvalue weighted by Crippen LogP contribution is 2.38. The maximum absolute atomic E-state index is 13.9. The van der Waals surface area contributed by atoms with Gasteiger partial charge in [0.15, 0.2) is 0 Å². The van der Waals surface area contributed by atoms with Gasteiger partial charge in [-0.25, -0.2) is 9.37 Å². The highest BCUT2D eigenvalue weighted by Gasteiger charge is 2.21. The Morgan fingerprint density at radius 2 is 1.75 bits per heavy atom. The van der Waals surface area contributed by atoms with Crippen LogP contribution in [-0.2, 0) is 6.54 Å². The van der Waals surface area contributed by atoms with Crippen LogP contribution in [0, 0.1) is 5.82 Å². The minimum Gasteiger partial charge on any atom is -0.496 e. The van der Waals surface area contributed by atoms with Crippen molar-refractivity contribution < 1.29 is 13.9 Å². The molecule has 1 fully saturated rings. The molecule has 0 radical (unpaired) electrons. The molecule has 0 saturated heterocycles. The SMILES string of the molecule is COc1cc(OC)c(-c2cn3ccc(NC4CCC(NCc5ccccc5F)CC4)cc3n2)cc1Cl. The van der Waals surface area contributed by atoms with Crippen LogP contribution < -0.4 is 20.1 Å². The summed E-state index contributed by atoms with van der Waals surface area (Å²) in [7, 11) is 3.20. The number of benzene rings is 2. The van der Waals surface area contributed by atoms with Crippen LogP contribution in [-0.4, -0.2) is 35.7 Å². The van der Waals surface area contributed by atoms with E-state index in [0.29, 0.717) is 35.2 Å². The number of methoxy groups -OCH3 is 2. The van der Waals surface area contributed by atoms with Crippen molar-refractivity contribution in [3.63, 3.8) is 0 Å². The number of halogens is 2. The summed E-state index contributed by atoms with van der Waals surface area (Å²) in [5.74, 6) is 1.06. The van der Waals surface area contributed by atoms with E-state index in [2.05, 4.69) is 22.8 Å². The number of imidazole rings is 1. The zero-order valence-corrected chi connectivity index (χ0v) is 21.2. The number of aromatic nitrogens is 2. The summed E-state index contributed by atoms with van der Waals surface area (Å²) in [6.07, 6.45) is 8.20. The van der Waals surface area contributed by atoms with Crippen molar-refractivity contribution >= 4 is 22.9 Å². The van der Waals surface area contributed by atoms with Crippen LogP contribution in [0.1, 0.15) is 31.2 Å². The topological polar surface area (TPSA) is 59.8 Å². The van der Waals surface area contributed by atoms with Crippen molar-refractivity contribution in [2.75, 3.05) is 19.5 Å². The van der Waals surface area contributed by atoms with E-state index in [1.54, 1.807) is 26.4 Å². The van der Waals surface area contributed by atoms with Gasteiger partial charge in [-0.2, -0.15) is 0 Å². The van der Waals surface area contributed by atoms with Crippen LogP contribution in [0.4, 0.5) is 10.1 Å². The Kier molecular flexibility index (Phi) is 7.30. The number of hydrogen-bond acceptors (Lipinski definition) is 5.